The van der Waals surface area contributed by atoms with Crippen LogP contribution < -0.4 is 0 Å². The third-order valence-corrected chi connectivity index (χ3v) is 5.19. The molecule has 4 atom stereocenters. The molecule has 0 spiro atoms. The molecule has 0 N–H and O–H groups in total. The highest BCUT2D eigenvalue weighted by Crippen LogP contribution is 2.40. The second kappa shape index (κ2) is 9.60. The van der Waals surface area contributed by atoms with Gasteiger partial charge in [0.25, 0.3) is 0 Å². The fourth-order valence-electron chi connectivity index (χ4n) is 3.43. The first-order valence-corrected chi connectivity index (χ1v) is 10.5. The van der Waals surface area contributed by atoms with Crippen molar-refractivity contribution in [3.05, 3.63) is 70.8 Å². The van der Waals surface area contributed by atoms with Crippen LogP contribution >= 0.6 is 0 Å². The van der Waals surface area contributed by atoms with E-state index in [1.54, 1.807) is 38.1 Å². The normalized spacial score (nSPS) is 21.1. The second-order valence-corrected chi connectivity index (χ2v) is 7.41. The molecule has 0 bridgehead atoms. The average Bonchev–Trinajstić information content (AvgIpc) is 3.69. The highest BCUT2D eigenvalue weighted by Gasteiger charge is 2.42. The van der Waals surface area contributed by atoms with Crippen LogP contribution in [0.3, 0.4) is 0 Å². The lowest BCUT2D eigenvalue weighted by molar-refractivity contribution is -0.0419. The lowest BCUT2D eigenvalue weighted by Gasteiger charge is -2.24. The summed E-state index contributed by atoms with van der Waals surface area (Å²) in [6, 6.07) is 14.4. The van der Waals surface area contributed by atoms with Crippen LogP contribution in [0.1, 0.15) is 57.9 Å². The summed E-state index contributed by atoms with van der Waals surface area (Å²) >= 11 is 0. The molecule has 2 aliphatic rings. The first-order valence-electron chi connectivity index (χ1n) is 10.5. The third kappa shape index (κ3) is 5.31. The van der Waals surface area contributed by atoms with Gasteiger partial charge in [0, 0.05) is 0 Å². The van der Waals surface area contributed by atoms with Crippen LogP contribution in [0.15, 0.2) is 48.5 Å². The molecule has 2 heterocycles. The van der Waals surface area contributed by atoms with Gasteiger partial charge in [0.05, 0.1) is 37.6 Å². The minimum Gasteiger partial charge on any atom is -0.462 e. The lowest BCUT2D eigenvalue weighted by atomic mass is 10.0. The number of carbonyl (C=O) groups excluding carboxylic acids is 2. The van der Waals surface area contributed by atoms with Crippen LogP contribution in [0.5, 0.6) is 0 Å². The van der Waals surface area contributed by atoms with Gasteiger partial charge in [0.1, 0.15) is 24.4 Å². The van der Waals surface area contributed by atoms with Gasteiger partial charge in [-0.2, -0.15) is 0 Å². The molecule has 0 aliphatic carbocycles. The number of ether oxygens (including phenoxy) is 5. The molecule has 0 radical (unpaired) electrons. The number of rotatable bonds is 10. The summed E-state index contributed by atoms with van der Waals surface area (Å²) < 4.78 is 27.7. The quantitative estimate of drug-likeness (QED) is 0.423. The molecule has 2 fully saturated rings. The monoisotopic (exact) mass is 426 g/mol. The Morgan fingerprint density at radius 3 is 1.42 bits per heavy atom. The summed E-state index contributed by atoms with van der Waals surface area (Å²) in [5.41, 5.74) is 2.84. The Morgan fingerprint density at radius 2 is 1.13 bits per heavy atom. The minimum atomic E-state index is -0.347. The van der Waals surface area contributed by atoms with Crippen molar-refractivity contribution in [2.24, 2.45) is 0 Å². The fourth-order valence-corrected chi connectivity index (χ4v) is 3.43. The largest absolute Gasteiger partial charge is 0.462 e. The number of benzene rings is 2. The first kappa shape index (κ1) is 21.5. The van der Waals surface area contributed by atoms with E-state index in [0.717, 1.165) is 11.1 Å². The van der Waals surface area contributed by atoms with Crippen LogP contribution in [0.25, 0.3) is 0 Å². The van der Waals surface area contributed by atoms with Crippen molar-refractivity contribution >= 4 is 11.9 Å². The summed E-state index contributed by atoms with van der Waals surface area (Å²) in [5, 5.41) is 0. The molecule has 164 valence electrons. The van der Waals surface area contributed by atoms with Crippen LogP contribution in [0, 0.1) is 0 Å². The van der Waals surface area contributed by atoms with Crippen LogP contribution in [0.4, 0.5) is 0 Å². The number of carbonyl (C=O) groups is 2. The maximum Gasteiger partial charge on any atom is 0.338 e. The van der Waals surface area contributed by atoms with Crippen LogP contribution in [-0.2, 0) is 23.7 Å². The van der Waals surface area contributed by atoms with Crippen molar-refractivity contribution < 1.29 is 33.3 Å². The van der Waals surface area contributed by atoms with Crippen molar-refractivity contribution in [3.8, 4) is 0 Å². The Bertz CT molecular complexity index is 823. The van der Waals surface area contributed by atoms with Crippen LogP contribution in [0.2, 0.25) is 0 Å². The molecule has 31 heavy (non-hydrogen) atoms. The molecule has 2 aliphatic heterocycles. The van der Waals surface area contributed by atoms with Gasteiger partial charge in [-0.25, -0.2) is 9.59 Å². The van der Waals surface area contributed by atoms with Gasteiger partial charge < -0.3 is 23.7 Å². The molecule has 4 rings (SSSR count). The third-order valence-electron chi connectivity index (χ3n) is 5.19. The second-order valence-electron chi connectivity index (χ2n) is 7.41. The summed E-state index contributed by atoms with van der Waals surface area (Å²) in [4.78, 5) is 23.8. The summed E-state index contributed by atoms with van der Waals surface area (Å²) in [5.74, 6) is -0.694. The fraction of sp³-hybridized carbons (Fsp3) is 0.417. The zero-order chi connectivity index (χ0) is 21.8. The number of hydrogen-bond acceptors (Lipinski definition) is 7. The van der Waals surface area contributed by atoms with E-state index < -0.39 is 0 Å². The maximum atomic E-state index is 11.9. The van der Waals surface area contributed by atoms with Gasteiger partial charge in [0.15, 0.2) is 0 Å². The zero-order valence-electron chi connectivity index (χ0n) is 17.6. The molecule has 0 saturated carbocycles. The van der Waals surface area contributed by atoms with Crippen molar-refractivity contribution in [2.45, 2.75) is 38.3 Å². The topological polar surface area (TPSA) is 86.9 Å². The van der Waals surface area contributed by atoms with Crippen molar-refractivity contribution in [1.82, 2.24) is 0 Å². The first-order chi connectivity index (χ1) is 15.1. The van der Waals surface area contributed by atoms with Gasteiger partial charge >= 0.3 is 11.9 Å². The van der Waals surface area contributed by atoms with E-state index in [1.807, 2.05) is 24.3 Å². The summed E-state index contributed by atoms with van der Waals surface area (Å²) in [7, 11) is 0. The molecule has 4 unspecified atom stereocenters. The molecule has 2 aromatic carbocycles. The Kier molecular flexibility index (Phi) is 6.65. The molecule has 7 nitrogen and oxygen atoms in total. The predicted molar refractivity (Wildman–Crippen MR) is 111 cm³/mol. The molecule has 0 aromatic heterocycles. The van der Waals surface area contributed by atoms with E-state index in [0.29, 0.717) is 37.6 Å². The number of epoxide rings is 2. The molecular weight excluding hydrogens is 400 g/mol. The molecular formula is C24H26O7. The van der Waals surface area contributed by atoms with Gasteiger partial charge in [0.2, 0.25) is 0 Å². The van der Waals surface area contributed by atoms with Crippen molar-refractivity contribution in [3.63, 3.8) is 0 Å². The van der Waals surface area contributed by atoms with Crippen molar-refractivity contribution in [2.75, 3.05) is 26.4 Å². The van der Waals surface area contributed by atoms with E-state index in [1.165, 1.54) is 0 Å². The highest BCUT2D eigenvalue weighted by molar-refractivity contribution is 5.89. The zero-order valence-corrected chi connectivity index (χ0v) is 17.6. The number of hydrogen-bond donors (Lipinski definition) is 0. The summed E-state index contributed by atoms with van der Waals surface area (Å²) in [6.45, 7) is 5.45. The van der Waals surface area contributed by atoms with E-state index >= 15 is 0 Å². The maximum absolute atomic E-state index is 11.9. The lowest BCUT2D eigenvalue weighted by Crippen LogP contribution is -2.19. The predicted octanol–water partition coefficient (Wildman–Crippen LogP) is 3.64. The average molecular weight is 426 g/mol. The van der Waals surface area contributed by atoms with Gasteiger partial charge in [-0.15, -0.1) is 0 Å². The minimum absolute atomic E-state index is 0.0477. The molecule has 7 heteroatoms. The number of esters is 2. The van der Waals surface area contributed by atoms with Crippen LogP contribution in [-0.4, -0.2) is 50.6 Å². The van der Waals surface area contributed by atoms with E-state index in [2.05, 4.69) is 0 Å². The van der Waals surface area contributed by atoms with E-state index in [-0.39, 0.29) is 36.4 Å². The van der Waals surface area contributed by atoms with Crippen molar-refractivity contribution in [1.29, 1.82) is 0 Å². The Morgan fingerprint density at radius 1 is 0.774 bits per heavy atom. The Balaban J connectivity index is 1.51. The van der Waals surface area contributed by atoms with E-state index in [4.69, 9.17) is 23.7 Å². The molecule has 2 saturated heterocycles. The van der Waals surface area contributed by atoms with E-state index in [9.17, 15) is 9.59 Å². The smallest absolute Gasteiger partial charge is 0.338 e. The van der Waals surface area contributed by atoms with Gasteiger partial charge in [-0.1, -0.05) is 24.3 Å². The Hall–Kier alpha value is -2.74. The highest BCUT2D eigenvalue weighted by atomic mass is 16.6. The summed E-state index contributed by atoms with van der Waals surface area (Å²) in [6.07, 6.45) is -0.688. The Labute approximate surface area is 181 Å². The molecule has 2 aromatic rings. The van der Waals surface area contributed by atoms with Gasteiger partial charge in [-0.3, -0.25) is 0 Å². The SMILES string of the molecule is CCOC(=O)c1ccc(C(OC(c2ccc(C(=O)OCC)cc2)C2CO2)C2CO2)cc1. The molecule has 0 amide bonds. The standard InChI is InChI=1S/C24H26O7/c1-3-27-23(25)17-9-5-15(6-10-17)21(19-13-29-19)31-22(20-14-30-20)16-7-11-18(12-8-16)24(26)28-4-2/h5-12,19-22H,3-4,13-14H2,1-2H3. The van der Waals surface area contributed by atoms with Gasteiger partial charge in [-0.05, 0) is 49.2 Å².